The lowest BCUT2D eigenvalue weighted by molar-refractivity contribution is -0.155. The maximum atomic E-state index is 12.3. The van der Waals surface area contributed by atoms with Gasteiger partial charge in [0.1, 0.15) is 30.7 Å². The summed E-state index contributed by atoms with van der Waals surface area (Å²) in [6.07, 6.45) is -1.80. The van der Waals surface area contributed by atoms with Crippen molar-refractivity contribution in [1.82, 2.24) is 0 Å². The molecule has 3 rings (SSSR count). The highest BCUT2D eigenvalue weighted by atomic mass is 32.2. The highest BCUT2D eigenvalue weighted by Gasteiger charge is 2.72. The molecule has 0 aromatic carbocycles. The van der Waals surface area contributed by atoms with Crippen molar-refractivity contribution in [3.63, 3.8) is 0 Å². The molecule has 2 bridgehead atoms. The van der Waals surface area contributed by atoms with E-state index in [2.05, 4.69) is 0 Å². The molecular weight excluding hydrogens is 408 g/mol. The normalized spacial score (nSPS) is 33.9. The molecule has 0 aromatic rings. The highest BCUT2D eigenvalue weighted by Crippen LogP contribution is 2.58. The summed E-state index contributed by atoms with van der Waals surface area (Å²) in [5.74, 6) is -2.95. The predicted molar refractivity (Wildman–Crippen MR) is 95.9 cm³/mol. The van der Waals surface area contributed by atoms with E-state index >= 15 is 0 Å². The molecule has 164 valence electrons. The Hall–Kier alpha value is -1.88. The average molecular weight is 434 g/mol. The third kappa shape index (κ3) is 3.81. The molecule has 2 saturated carbocycles. The van der Waals surface area contributed by atoms with Crippen molar-refractivity contribution in [2.24, 2.45) is 23.2 Å². The van der Waals surface area contributed by atoms with Crippen LogP contribution in [0.3, 0.4) is 0 Å². The molecule has 0 N–H and O–H groups in total. The van der Waals surface area contributed by atoms with Gasteiger partial charge in [-0.05, 0) is 26.7 Å². The van der Waals surface area contributed by atoms with Gasteiger partial charge in [-0.2, -0.15) is 8.42 Å². The Balaban J connectivity index is 1.55. The number of hydrogen-bond acceptors (Lipinski definition) is 10. The third-order valence-electron chi connectivity index (χ3n) is 6.21. The van der Waals surface area contributed by atoms with Crippen LogP contribution in [0.5, 0.6) is 0 Å². The summed E-state index contributed by atoms with van der Waals surface area (Å²) in [6, 6.07) is 0. The molecule has 6 unspecified atom stereocenters. The Morgan fingerprint density at radius 3 is 2.38 bits per heavy atom. The van der Waals surface area contributed by atoms with Gasteiger partial charge < -0.3 is 18.9 Å². The van der Waals surface area contributed by atoms with Gasteiger partial charge in [0.15, 0.2) is 0 Å². The minimum Gasteiger partial charge on any atom is -0.469 e. The summed E-state index contributed by atoms with van der Waals surface area (Å²) in [7, 11) is -2.76. The monoisotopic (exact) mass is 434 g/mol. The lowest BCUT2D eigenvalue weighted by Gasteiger charge is -2.29. The van der Waals surface area contributed by atoms with Gasteiger partial charge >= 0.3 is 18.1 Å². The fourth-order valence-corrected chi connectivity index (χ4v) is 6.39. The maximum absolute atomic E-state index is 12.3. The van der Waals surface area contributed by atoms with Gasteiger partial charge in [0.25, 0.3) is 10.1 Å². The number of ether oxygens (including phenoxy) is 4. The summed E-state index contributed by atoms with van der Waals surface area (Å²) in [6.45, 7) is 5.02. The van der Waals surface area contributed by atoms with Crippen molar-refractivity contribution >= 4 is 28.2 Å². The average Bonchev–Trinajstić information content (AvgIpc) is 3.26. The van der Waals surface area contributed by atoms with Crippen LogP contribution < -0.4 is 0 Å². The van der Waals surface area contributed by atoms with E-state index in [1.54, 1.807) is 13.8 Å². The molecule has 1 saturated heterocycles. The fourth-order valence-electron chi connectivity index (χ4n) is 4.33. The standard InChI is InChI=1S/C18H26O10S/c1-5-18(2,3)16(20)25-6-7-26-17(21)27-12-9-8-10-13(12)28-29(22,23)14(10)11(9)15(19)24-4/h9-14H,5-8H2,1-4H3. The number of fused-ring (bicyclic) bond motifs is 1. The zero-order valence-corrected chi connectivity index (χ0v) is 17.6. The van der Waals surface area contributed by atoms with Gasteiger partial charge in [-0.25, -0.2) is 4.79 Å². The molecule has 0 radical (unpaired) electrons. The summed E-state index contributed by atoms with van der Waals surface area (Å²) in [5.41, 5.74) is -0.631. The first-order valence-electron chi connectivity index (χ1n) is 9.54. The molecule has 0 spiro atoms. The summed E-state index contributed by atoms with van der Waals surface area (Å²) in [5, 5.41) is -0.970. The Bertz CT molecular complexity index is 788. The second-order valence-corrected chi connectivity index (χ2v) is 9.91. The Morgan fingerprint density at radius 2 is 1.76 bits per heavy atom. The minimum atomic E-state index is -3.94. The Kier molecular flexibility index (Phi) is 5.83. The van der Waals surface area contributed by atoms with Gasteiger partial charge in [0, 0.05) is 11.8 Å². The van der Waals surface area contributed by atoms with Crippen molar-refractivity contribution in [2.45, 2.75) is 51.1 Å². The van der Waals surface area contributed by atoms with E-state index in [9.17, 15) is 22.8 Å². The molecule has 1 aliphatic heterocycles. The van der Waals surface area contributed by atoms with E-state index in [4.69, 9.17) is 23.1 Å². The number of hydrogen-bond donors (Lipinski definition) is 0. The number of carbonyl (C=O) groups is 3. The van der Waals surface area contributed by atoms with E-state index in [0.717, 1.165) is 0 Å². The first-order chi connectivity index (χ1) is 13.5. The van der Waals surface area contributed by atoms with Crippen LogP contribution >= 0.6 is 0 Å². The van der Waals surface area contributed by atoms with Crippen LogP contribution in [-0.4, -0.2) is 64.3 Å². The van der Waals surface area contributed by atoms with Crippen LogP contribution in [0.25, 0.3) is 0 Å². The molecule has 3 aliphatic rings. The summed E-state index contributed by atoms with van der Waals surface area (Å²) >= 11 is 0. The molecule has 2 aliphatic carbocycles. The Labute approximate surface area is 169 Å². The molecule has 29 heavy (non-hydrogen) atoms. The van der Waals surface area contributed by atoms with E-state index < -0.39 is 68.8 Å². The topological polar surface area (TPSA) is 131 Å². The highest BCUT2D eigenvalue weighted by molar-refractivity contribution is 7.87. The second kappa shape index (κ2) is 7.75. The van der Waals surface area contributed by atoms with Crippen LogP contribution in [0.2, 0.25) is 0 Å². The minimum absolute atomic E-state index is 0.130. The van der Waals surface area contributed by atoms with Crippen LogP contribution in [0.1, 0.15) is 33.6 Å². The van der Waals surface area contributed by atoms with E-state index in [1.807, 2.05) is 6.92 Å². The van der Waals surface area contributed by atoms with Crippen molar-refractivity contribution in [2.75, 3.05) is 20.3 Å². The van der Waals surface area contributed by atoms with Gasteiger partial charge in [-0.15, -0.1) is 0 Å². The van der Waals surface area contributed by atoms with Gasteiger partial charge in [0.2, 0.25) is 0 Å². The van der Waals surface area contributed by atoms with Crippen LogP contribution in [-0.2, 0) is 42.8 Å². The lowest BCUT2D eigenvalue weighted by atomic mass is 9.84. The van der Waals surface area contributed by atoms with Gasteiger partial charge in [-0.1, -0.05) is 6.92 Å². The molecule has 10 nitrogen and oxygen atoms in total. The van der Waals surface area contributed by atoms with Gasteiger partial charge in [0.05, 0.1) is 18.4 Å². The zero-order valence-electron chi connectivity index (χ0n) is 16.8. The fraction of sp³-hybridized carbons (Fsp3) is 0.833. The van der Waals surface area contributed by atoms with E-state index in [0.29, 0.717) is 12.8 Å². The van der Waals surface area contributed by atoms with Crippen molar-refractivity contribution in [1.29, 1.82) is 0 Å². The largest absolute Gasteiger partial charge is 0.508 e. The lowest BCUT2D eigenvalue weighted by Crippen LogP contribution is -2.45. The number of rotatable bonds is 7. The third-order valence-corrected chi connectivity index (χ3v) is 8.01. The first-order valence-corrected chi connectivity index (χ1v) is 11.0. The molecule has 1 heterocycles. The van der Waals surface area contributed by atoms with Crippen LogP contribution in [0.4, 0.5) is 4.79 Å². The number of esters is 2. The zero-order chi connectivity index (χ0) is 21.6. The smallest absolute Gasteiger partial charge is 0.469 e. The van der Waals surface area contributed by atoms with E-state index in [1.165, 1.54) is 7.11 Å². The molecular formula is C18H26O10S. The number of methoxy groups -OCH3 is 1. The molecule has 0 amide bonds. The second-order valence-electron chi connectivity index (χ2n) is 8.18. The summed E-state index contributed by atoms with van der Waals surface area (Å²) in [4.78, 5) is 36.0. The number of carbonyl (C=O) groups excluding carboxylic acids is 3. The molecule has 0 aromatic heterocycles. The van der Waals surface area contributed by atoms with Crippen molar-refractivity contribution in [3.8, 4) is 0 Å². The quantitative estimate of drug-likeness (QED) is 0.248. The van der Waals surface area contributed by atoms with Crippen LogP contribution in [0, 0.1) is 23.2 Å². The Morgan fingerprint density at radius 1 is 1.10 bits per heavy atom. The van der Waals surface area contributed by atoms with E-state index in [-0.39, 0.29) is 13.2 Å². The molecule has 3 fully saturated rings. The first kappa shape index (κ1) is 21.8. The van der Waals surface area contributed by atoms with Gasteiger partial charge in [-0.3, -0.25) is 13.8 Å². The maximum Gasteiger partial charge on any atom is 0.508 e. The summed E-state index contributed by atoms with van der Waals surface area (Å²) < 4.78 is 49.7. The molecule has 11 heteroatoms. The van der Waals surface area contributed by atoms with Crippen molar-refractivity contribution < 1.29 is 45.9 Å². The van der Waals surface area contributed by atoms with Crippen LogP contribution in [0.15, 0.2) is 0 Å². The molecule has 6 atom stereocenters. The van der Waals surface area contributed by atoms with Crippen molar-refractivity contribution in [3.05, 3.63) is 0 Å². The SMILES string of the molecule is CCC(C)(C)C(=O)OCCOC(=O)OC1C2CC3C1OS(=O)(=O)C3C2C(=O)OC. The predicted octanol–water partition coefficient (Wildman–Crippen LogP) is 1.02.